The summed E-state index contributed by atoms with van der Waals surface area (Å²) in [6.07, 6.45) is -5.07. The van der Waals surface area contributed by atoms with Crippen LogP contribution in [0.1, 0.15) is 38.8 Å². The van der Waals surface area contributed by atoms with Crippen molar-refractivity contribution < 1.29 is 22.7 Å². The second-order valence-electron chi connectivity index (χ2n) is 5.88. The van der Waals surface area contributed by atoms with Gasteiger partial charge in [-0.1, -0.05) is 27.7 Å². The number of hydrogen-bond acceptors (Lipinski definition) is 2. The van der Waals surface area contributed by atoms with Crippen molar-refractivity contribution in [3.63, 3.8) is 0 Å². The summed E-state index contributed by atoms with van der Waals surface area (Å²) in [5.74, 6) is -0.323. The molecule has 1 aromatic rings. The fraction of sp³-hybridized carbons (Fsp3) is 0.533. The lowest BCUT2D eigenvalue weighted by Crippen LogP contribution is -2.47. The fourth-order valence-corrected chi connectivity index (χ4v) is 3.02. The van der Waals surface area contributed by atoms with Gasteiger partial charge in [0.2, 0.25) is 0 Å². The summed E-state index contributed by atoms with van der Waals surface area (Å²) >= 11 is 0. The minimum absolute atomic E-state index is 0.161. The molecule has 0 atom stereocenters. The number of carbonyl (C=O) groups excluding carboxylic acids is 1. The van der Waals surface area contributed by atoms with Crippen molar-refractivity contribution in [3.8, 4) is 0 Å². The number of fused-ring (bicyclic) bond motifs is 1. The van der Waals surface area contributed by atoms with Gasteiger partial charge < -0.3 is 4.74 Å². The Labute approximate surface area is 121 Å². The van der Waals surface area contributed by atoms with E-state index in [-0.39, 0.29) is 11.8 Å². The Morgan fingerprint density at radius 3 is 2.19 bits per heavy atom. The number of hydrogen-bond donors (Lipinski definition) is 1. The van der Waals surface area contributed by atoms with Gasteiger partial charge in [-0.25, -0.2) is 4.79 Å². The van der Waals surface area contributed by atoms with Crippen molar-refractivity contribution in [2.24, 2.45) is 11.8 Å². The third-order valence-electron chi connectivity index (χ3n) is 3.98. The number of nitrogens with one attached hydrogen (secondary N) is 1. The van der Waals surface area contributed by atoms with Crippen molar-refractivity contribution in [1.29, 1.82) is 0 Å². The average molecular weight is 301 g/mol. The van der Waals surface area contributed by atoms with Crippen LogP contribution in [0.5, 0.6) is 0 Å². The number of amides is 1. The second kappa shape index (κ2) is 4.93. The summed E-state index contributed by atoms with van der Waals surface area (Å²) in [4.78, 5) is 11.8. The van der Waals surface area contributed by atoms with E-state index in [0.717, 1.165) is 12.1 Å². The molecule has 3 nitrogen and oxygen atoms in total. The summed E-state index contributed by atoms with van der Waals surface area (Å²) < 4.78 is 44.4. The summed E-state index contributed by atoms with van der Waals surface area (Å²) in [5.41, 5.74) is -1.06. The van der Waals surface area contributed by atoms with Crippen molar-refractivity contribution in [3.05, 3.63) is 29.3 Å². The molecule has 0 aliphatic carbocycles. The summed E-state index contributed by atoms with van der Waals surface area (Å²) in [6.45, 7) is 7.34. The highest BCUT2D eigenvalue weighted by Crippen LogP contribution is 2.48. The van der Waals surface area contributed by atoms with Gasteiger partial charge in [0.15, 0.2) is 0 Å². The van der Waals surface area contributed by atoms with E-state index in [9.17, 15) is 18.0 Å². The van der Waals surface area contributed by atoms with E-state index in [0.29, 0.717) is 11.3 Å². The Bertz CT molecular complexity index is 557. The second-order valence-corrected chi connectivity index (χ2v) is 5.88. The van der Waals surface area contributed by atoms with Gasteiger partial charge in [-0.15, -0.1) is 0 Å². The third-order valence-corrected chi connectivity index (χ3v) is 3.98. The van der Waals surface area contributed by atoms with Crippen LogP contribution in [-0.4, -0.2) is 6.09 Å². The predicted octanol–water partition coefficient (Wildman–Crippen LogP) is 4.77. The van der Waals surface area contributed by atoms with E-state index in [1.165, 1.54) is 6.07 Å². The van der Waals surface area contributed by atoms with Crippen LogP contribution in [0.15, 0.2) is 18.2 Å². The number of benzene rings is 1. The van der Waals surface area contributed by atoms with E-state index in [4.69, 9.17) is 4.74 Å². The van der Waals surface area contributed by atoms with Crippen molar-refractivity contribution >= 4 is 11.8 Å². The molecule has 0 saturated heterocycles. The van der Waals surface area contributed by atoms with E-state index in [1.807, 2.05) is 27.7 Å². The molecule has 116 valence electrons. The molecule has 2 rings (SSSR count). The standard InChI is InChI=1S/C15H18F3NO2/c1-8(2)14(9(3)4)11-7-10(15(16,17)18)5-6-12(11)19-13(20)21-14/h5-9H,1-4H3,(H,19,20). The molecule has 1 amide bonds. The third kappa shape index (κ3) is 2.47. The minimum atomic E-state index is -4.43. The van der Waals surface area contributed by atoms with Gasteiger partial charge in [0, 0.05) is 5.56 Å². The SMILES string of the molecule is CC(C)C1(C(C)C)OC(=O)Nc2ccc(C(F)(F)F)cc21. The number of cyclic esters (lactones) is 1. The van der Waals surface area contributed by atoms with Crippen LogP contribution in [0, 0.1) is 11.8 Å². The molecule has 0 fully saturated rings. The topological polar surface area (TPSA) is 38.3 Å². The first-order valence-corrected chi connectivity index (χ1v) is 6.80. The van der Waals surface area contributed by atoms with Crippen LogP contribution in [0.25, 0.3) is 0 Å². The van der Waals surface area contributed by atoms with Gasteiger partial charge >= 0.3 is 12.3 Å². The molecule has 1 N–H and O–H groups in total. The lowest BCUT2D eigenvalue weighted by Gasteiger charge is -2.44. The van der Waals surface area contributed by atoms with Crippen LogP contribution in [-0.2, 0) is 16.5 Å². The number of ether oxygens (including phenoxy) is 1. The maximum Gasteiger partial charge on any atom is 0.416 e. The number of carbonyl (C=O) groups is 1. The molecule has 0 unspecified atom stereocenters. The maximum atomic E-state index is 13.0. The van der Waals surface area contributed by atoms with E-state index >= 15 is 0 Å². The Kier molecular flexibility index (Phi) is 3.68. The van der Waals surface area contributed by atoms with Crippen molar-refractivity contribution in [2.45, 2.75) is 39.5 Å². The molecule has 21 heavy (non-hydrogen) atoms. The normalized spacial score (nSPS) is 17.5. The fourth-order valence-electron chi connectivity index (χ4n) is 3.02. The first kappa shape index (κ1) is 15.7. The molecule has 1 aliphatic heterocycles. The lowest BCUT2D eigenvalue weighted by molar-refractivity contribution is -0.138. The number of alkyl halides is 3. The molecule has 0 bridgehead atoms. The summed E-state index contributed by atoms with van der Waals surface area (Å²) in [5, 5.41) is 2.47. The van der Waals surface area contributed by atoms with Gasteiger partial charge in [-0.05, 0) is 30.0 Å². The van der Waals surface area contributed by atoms with Crippen LogP contribution in [0.2, 0.25) is 0 Å². The Morgan fingerprint density at radius 1 is 1.14 bits per heavy atom. The molecule has 1 heterocycles. The van der Waals surface area contributed by atoms with Crippen LogP contribution in [0.4, 0.5) is 23.7 Å². The van der Waals surface area contributed by atoms with Gasteiger partial charge in [0.05, 0.1) is 11.3 Å². The molecule has 1 aromatic carbocycles. The first-order chi connectivity index (χ1) is 9.59. The van der Waals surface area contributed by atoms with E-state index < -0.39 is 23.4 Å². The van der Waals surface area contributed by atoms with Crippen LogP contribution >= 0.6 is 0 Å². The number of anilines is 1. The molecule has 0 radical (unpaired) electrons. The van der Waals surface area contributed by atoms with Gasteiger partial charge in [-0.3, -0.25) is 5.32 Å². The quantitative estimate of drug-likeness (QED) is 0.854. The highest BCUT2D eigenvalue weighted by molar-refractivity contribution is 5.89. The Balaban J connectivity index is 2.70. The molecule has 0 saturated carbocycles. The van der Waals surface area contributed by atoms with Crippen molar-refractivity contribution in [2.75, 3.05) is 5.32 Å². The van der Waals surface area contributed by atoms with Gasteiger partial charge in [-0.2, -0.15) is 13.2 Å². The predicted molar refractivity (Wildman–Crippen MR) is 72.9 cm³/mol. The largest absolute Gasteiger partial charge is 0.437 e. The lowest BCUT2D eigenvalue weighted by atomic mass is 9.73. The highest BCUT2D eigenvalue weighted by atomic mass is 19.4. The van der Waals surface area contributed by atoms with Crippen molar-refractivity contribution in [1.82, 2.24) is 0 Å². The van der Waals surface area contributed by atoms with Crippen LogP contribution < -0.4 is 5.32 Å². The maximum absolute atomic E-state index is 13.0. The highest BCUT2D eigenvalue weighted by Gasteiger charge is 2.48. The zero-order chi connectivity index (χ0) is 16.0. The molecular formula is C15H18F3NO2. The molecule has 1 aliphatic rings. The monoisotopic (exact) mass is 301 g/mol. The minimum Gasteiger partial charge on any atom is -0.437 e. The molecular weight excluding hydrogens is 283 g/mol. The number of halogens is 3. The zero-order valence-corrected chi connectivity index (χ0v) is 12.3. The molecule has 0 spiro atoms. The van der Waals surface area contributed by atoms with Crippen LogP contribution in [0.3, 0.4) is 0 Å². The Morgan fingerprint density at radius 2 is 1.71 bits per heavy atom. The van der Waals surface area contributed by atoms with E-state index in [1.54, 1.807) is 0 Å². The summed E-state index contributed by atoms with van der Waals surface area (Å²) in [6, 6.07) is 3.34. The van der Waals surface area contributed by atoms with Gasteiger partial charge in [0.1, 0.15) is 5.60 Å². The molecule has 6 heteroatoms. The first-order valence-electron chi connectivity index (χ1n) is 6.80. The average Bonchev–Trinajstić information content (AvgIpc) is 2.35. The molecule has 0 aromatic heterocycles. The van der Waals surface area contributed by atoms with E-state index in [2.05, 4.69) is 5.32 Å². The summed E-state index contributed by atoms with van der Waals surface area (Å²) in [7, 11) is 0. The zero-order valence-electron chi connectivity index (χ0n) is 12.3. The number of rotatable bonds is 2. The Hall–Kier alpha value is -1.72. The smallest absolute Gasteiger partial charge is 0.416 e. The van der Waals surface area contributed by atoms with Gasteiger partial charge in [0.25, 0.3) is 0 Å².